The number of nitrogens with one attached hydrogen (secondary N) is 1. The van der Waals surface area contributed by atoms with Gasteiger partial charge in [-0.3, -0.25) is 4.79 Å². The zero-order valence-electron chi connectivity index (χ0n) is 15.7. The van der Waals surface area contributed by atoms with Gasteiger partial charge in [0.2, 0.25) is 0 Å². The Morgan fingerprint density at radius 3 is 2.19 bits per heavy atom. The molecule has 0 heterocycles. The Bertz CT molecular complexity index is 771. The molecule has 136 valence electrons. The maximum atomic E-state index is 12.2. The predicted octanol–water partition coefficient (Wildman–Crippen LogP) is 4.57. The highest BCUT2D eigenvalue weighted by atomic mass is 16.5. The average Bonchev–Trinajstić information content (AvgIpc) is 2.60. The third-order valence-corrected chi connectivity index (χ3v) is 3.89. The monoisotopic (exact) mass is 351 g/mol. The van der Waals surface area contributed by atoms with E-state index in [1.165, 1.54) is 11.6 Å². The van der Waals surface area contributed by atoms with Crippen LogP contribution in [0.4, 0.5) is 5.69 Å². The molecular formula is C22H25NO3. The largest absolute Gasteiger partial charge is 0.449 e. The van der Waals surface area contributed by atoms with Gasteiger partial charge in [0.05, 0.1) is 0 Å². The molecule has 4 heteroatoms. The number of benzene rings is 2. The lowest BCUT2D eigenvalue weighted by molar-refractivity contribution is -0.148. The molecule has 26 heavy (non-hydrogen) atoms. The number of hydrogen-bond acceptors (Lipinski definition) is 3. The van der Waals surface area contributed by atoms with E-state index >= 15 is 0 Å². The van der Waals surface area contributed by atoms with Gasteiger partial charge in [-0.2, -0.15) is 0 Å². The molecule has 4 nitrogen and oxygen atoms in total. The van der Waals surface area contributed by atoms with Gasteiger partial charge in [-0.1, -0.05) is 63.2 Å². The van der Waals surface area contributed by atoms with Crippen LogP contribution >= 0.6 is 0 Å². The molecule has 0 saturated carbocycles. The summed E-state index contributed by atoms with van der Waals surface area (Å²) in [6.45, 7) is 7.94. The van der Waals surface area contributed by atoms with Gasteiger partial charge in [-0.05, 0) is 41.7 Å². The molecule has 0 unspecified atom stereocenters. The lowest BCUT2D eigenvalue weighted by Crippen LogP contribution is -2.29. The van der Waals surface area contributed by atoms with Gasteiger partial charge in [0.25, 0.3) is 5.91 Å². The minimum atomic E-state index is -0.884. The van der Waals surface area contributed by atoms with Crippen molar-refractivity contribution in [2.75, 3.05) is 5.32 Å². The van der Waals surface area contributed by atoms with Gasteiger partial charge in [0, 0.05) is 11.8 Å². The van der Waals surface area contributed by atoms with Crippen LogP contribution in [0.15, 0.2) is 60.7 Å². The van der Waals surface area contributed by atoms with Crippen LogP contribution in [0.5, 0.6) is 0 Å². The Balaban J connectivity index is 1.89. The second-order valence-electron chi connectivity index (χ2n) is 7.14. The lowest BCUT2D eigenvalue weighted by Gasteiger charge is -2.19. The first-order chi connectivity index (χ1) is 12.3. The Morgan fingerprint density at radius 2 is 1.62 bits per heavy atom. The molecule has 2 aromatic carbocycles. The fourth-order valence-corrected chi connectivity index (χ4v) is 2.29. The van der Waals surface area contributed by atoms with E-state index < -0.39 is 12.1 Å². The van der Waals surface area contributed by atoms with Crippen LogP contribution in [0.3, 0.4) is 0 Å². The second-order valence-corrected chi connectivity index (χ2v) is 7.14. The summed E-state index contributed by atoms with van der Waals surface area (Å²) in [6, 6.07) is 17.1. The average molecular weight is 351 g/mol. The molecular weight excluding hydrogens is 326 g/mol. The fraction of sp³-hybridized carbons (Fsp3) is 0.273. The summed E-state index contributed by atoms with van der Waals surface area (Å²) in [5.41, 5.74) is 2.79. The standard InChI is InChI=1S/C22H25NO3/c1-16(26-20(24)15-10-17-8-6-5-7-9-17)21(25)23-19-13-11-18(12-14-19)22(2,3)4/h5-16H,1-4H3,(H,23,25)/b15-10+/t16-/m0/s1. The number of hydrogen-bond donors (Lipinski definition) is 1. The number of carbonyl (C=O) groups excluding carboxylic acids is 2. The van der Waals surface area contributed by atoms with Crippen molar-refractivity contribution in [2.24, 2.45) is 0 Å². The summed E-state index contributed by atoms with van der Waals surface area (Å²) < 4.78 is 5.15. The molecule has 1 atom stereocenters. The molecule has 0 spiro atoms. The van der Waals surface area contributed by atoms with E-state index in [0.717, 1.165) is 5.56 Å². The predicted molar refractivity (Wildman–Crippen MR) is 105 cm³/mol. The summed E-state index contributed by atoms with van der Waals surface area (Å²) in [4.78, 5) is 24.0. The number of rotatable bonds is 5. The molecule has 0 fully saturated rings. The van der Waals surface area contributed by atoms with Crippen molar-refractivity contribution in [2.45, 2.75) is 39.2 Å². The molecule has 1 amide bonds. The van der Waals surface area contributed by atoms with Gasteiger partial charge in [-0.15, -0.1) is 0 Å². The van der Waals surface area contributed by atoms with E-state index in [1.54, 1.807) is 13.0 Å². The van der Waals surface area contributed by atoms with E-state index in [9.17, 15) is 9.59 Å². The fourth-order valence-electron chi connectivity index (χ4n) is 2.29. The quantitative estimate of drug-likeness (QED) is 0.634. The molecule has 0 aliphatic carbocycles. The molecule has 0 aliphatic rings. The molecule has 0 aliphatic heterocycles. The Hall–Kier alpha value is -2.88. The SMILES string of the molecule is C[C@H](OC(=O)/C=C/c1ccccc1)C(=O)Nc1ccc(C(C)(C)C)cc1. The van der Waals surface area contributed by atoms with Crippen molar-refractivity contribution in [3.63, 3.8) is 0 Å². The molecule has 2 rings (SSSR count). The van der Waals surface area contributed by atoms with Crippen molar-refractivity contribution >= 4 is 23.6 Å². The number of ether oxygens (including phenoxy) is 1. The summed E-state index contributed by atoms with van der Waals surface area (Å²) in [6.07, 6.45) is 2.08. The van der Waals surface area contributed by atoms with Gasteiger partial charge in [0.1, 0.15) is 0 Å². The van der Waals surface area contributed by atoms with Gasteiger partial charge >= 0.3 is 5.97 Å². The summed E-state index contributed by atoms with van der Waals surface area (Å²) in [7, 11) is 0. The number of amides is 1. The van der Waals surface area contributed by atoms with Crippen LogP contribution in [-0.2, 0) is 19.7 Å². The smallest absolute Gasteiger partial charge is 0.331 e. The first kappa shape index (κ1) is 19.4. The van der Waals surface area contributed by atoms with E-state index in [-0.39, 0.29) is 11.3 Å². The van der Waals surface area contributed by atoms with E-state index in [2.05, 4.69) is 26.1 Å². The zero-order chi connectivity index (χ0) is 19.2. The van der Waals surface area contributed by atoms with Crippen LogP contribution in [0.2, 0.25) is 0 Å². The van der Waals surface area contributed by atoms with Crippen molar-refractivity contribution in [3.05, 3.63) is 71.8 Å². The number of carbonyl (C=O) groups is 2. The topological polar surface area (TPSA) is 55.4 Å². The van der Waals surface area contributed by atoms with E-state index in [0.29, 0.717) is 5.69 Å². The number of esters is 1. The summed E-state index contributed by atoms with van der Waals surface area (Å²) >= 11 is 0. The maximum absolute atomic E-state index is 12.2. The molecule has 0 aromatic heterocycles. The minimum Gasteiger partial charge on any atom is -0.449 e. The molecule has 1 N–H and O–H groups in total. The van der Waals surface area contributed by atoms with Crippen LogP contribution in [0.1, 0.15) is 38.8 Å². The lowest BCUT2D eigenvalue weighted by atomic mass is 9.87. The Labute approximate surface area is 154 Å². The molecule has 0 saturated heterocycles. The third-order valence-electron chi connectivity index (χ3n) is 3.89. The Kier molecular flexibility index (Phi) is 6.34. The van der Waals surface area contributed by atoms with Gasteiger partial charge in [0.15, 0.2) is 6.10 Å². The normalized spacial score (nSPS) is 12.6. The van der Waals surface area contributed by atoms with Crippen molar-refractivity contribution in [1.82, 2.24) is 0 Å². The van der Waals surface area contributed by atoms with E-state index in [4.69, 9.17) is 4.74 Å². The van der Waals surface area contributed by atoms with Crippen LogP contribution in [-0.4, -0.2) is 18.0 Å². The van der Waals surface area contributed by atoms with Gasteiger partial charge in [-0.25, -0.2) is 4.79 Å². The van der Waals surface area contributed by atoms with Crippen LogP contribution in [0, 0.1) is 0 Å². The highest BCUT2D eigenvalue weighted by Crippen LogP contribution is 2.23. The van der Waals surface area contributed by atoms with Crippen molar-refractivity contribution in [3.8, 4) is 0 Å². The first-order valence-electron chi connectivity index (χ1n) is 8.61. The molecule has 0 radical (unpaired) electrons. The van der Waals surface area contributed by atoms with Gasteiger partial charge < -0.3 is 10.1 Å². The summed E-state index contributed by atoms with van der Waals surface area (Å²) in [5.74, 6) is -0.922. The maximum Gasteiger partial charge on any atom is 0.331 e. The third kappa shape index (κ3) is 5.88. The zero-order valence-corrected chi connectivity index (χ0v) is 15.7. The molecule has 0 bridgehead atoms. The first-order valence-corrected chi connectivity index (χ1v) is 8.61. The van der Waals surface area contributed by atoms with E-state index in [1.807, 2.05) is 54.6 Å². The minimum absolute atomic E-state index is 0.0520. The van der Waals surface area contributed by atoms with Crippen molar-refractivity contribution in [1.29, 1.82) is 0 Å². The highest BCUT2D eigenvalue weighted by Gasteiger charge is 2.17. The Morgan fingerprint density at radius 1 is 1.00 bits per heavy atom. The number of anilines is 1. The van der Waals surface area contributed by atoms with Crippen molar-refractivity contribution < 1.29 is 14.3 Å². The highest BCUT2D eigenvalue weighted by molar-refractivity contribution is 5.96. The van der Waals surface area contributed by atoms with Crippen LogP contribution in [0.25, 0.3) is 6.08 Å². The summed E-state index contributed by atoms with van der Waals surface area (Å²) in [5, 5.41) is 2.76. The second kappa shape index (κ2) is 8.48. The molecule has 2 aromatic rings. The van der Waals surface area contributed by atoms with Crippen LogP contribution < -0.4 is 5.32 Å².